The lowest BCUT2D eigenvalue weighted by atomic mass is 10.2. The molecule has 4 N–H and O–H groups in total. The van der Waals surface area contributed by atoms with Crippen molar-refractivity contribution in [2.75, 3.05) is 38.0 Å². The van der Waals surface area contributed by atoms with Crippen LogP contribution in [0, 0.1) is 0 Å². The number of likely N-dealkylation sites (N-methyl/N-ethyl adjacent to an activating group) is 1. The fourth-order valence-corrected chi connectivity index (χ4v) is 3.35. The van der Waals surface area contributed by atoms with Crippen molar-refractivity contribution in [3.05, 3.63) is 45.9 Å². The summed E-state index contributed by atoms with van der Waals surface area (Å²) >= 11 is 1.42. The minimum absolute atomic E-state index is 0. The number of aromatic nitrogens is 1. The maximum atomic E-state index is 12.3. The highest BCUT2D eigenvalue weighted by atomic mass is 35.5. The van der Waals surface area contributed by atoms with Gasteiger partial charge in [-0.15, -0.1) is 36.2 Å². The zero-order valence-corrected chi connectivity index (χ0v) is 19.1. The molecule has 0 fully saturated rings. The van der Waals surface area contributed by atoms with E-state index in [-0.39, 0.29) is 36.6 Å². The van der Waals surface area contributed by atoms with E-state index in [9.17, 15) is 9.59 Å². The molecule has 2 rings (SSSR count). The molecular weight excluding hydrogens is 433 g/mol. The van der Waals surface area contributed by atoms with E-state index in [4.69, 9.17) is 5.73 Å². The second-order valence-corrected chi connectivity index (χ2v) is 6.93. The normalized spacial score (nSPS) is 10.1. The van der Waals surface area contributed by atoms with E-state index in [2.05, 4.69) is 34.4 Å². The van der Waals surface area contributed by atoms with Gasteiger partial charge in [0, 0.05) is 36.1 Å². The molecule has 1 aromatic carbocycles. The second-order valence-electron chi connectivity index (χ2n) is 5.98. The van der Waals surface area contributed by atoms with Gasteiger partial charge in [-0.1, -0.05) is 19.9 Å². The summed E-state index contributed by atoms with van der Waals surface area (Å²) in [5.74, 6) is -0.453. The highest BCUT2D eigenvalue weighted by Crippen LogP contribution is 2.15. The highest BCUT2D eigenvalue weighted by molar-refractivity contribution is 7.09. The number of nitrogens with two attached hydrogens (primary N) is 1. The lowest BCUT2D eigenvalue weighted by molar-refractivity contribution is 0.0947. The third kappa shape index (κ3) is 8.67. The Kier molecular flexibility index (Phi) is 13.5. The fraction of sp³-hybridized carbons (Fsp3) is 0.421. The summed E-state index contributed by atoms with van der Waals surface area (Å²) in [7, 11) is 0. The van der Waals surface area contributed by atoms with E-state index in [0.717, 1.165) is 24.6 Å². The van der Waals surface area contributed by atoms with Gasteiger partial charge in [-0.25, -0.2) is 4.98 Å². The lowest BCUT2D eigenvalue weighted by Gasteiger charge is -2.18. The van der Waals surface area contributed by atoms with Crippen LogP contribution in [0.2, 0.25) is 0 Å². The third-order valence-corrected chi connectivity index (χ3v) is 5.04. The van der Waals surface area contributed by atoms with E-state index in [1.807, 2.05) is 0 Å². The number of carbonyl (C=O) groups is 2. The SMILES string of the molecule is CCN(CC)CCNC(=O)c1cccc(NC(=O)c2csc(CCN)n2)c1.Cl.Cl. The number of amides is 2. The topological polar surface area (TPSA) is 100 Å². The van der Waals surface area contributed by atoms with Crippen LogP contribution in [0.3, 0.4) is 0 Å². The number of benzene rings is 1. The van der Waals surface area contributed by atoms with Crippen LogP contribution in [-0.4, -0.2) is 54.4 Å². The summed E-state index contributed by atoms with van der Waals surface area (Å²) < 4.78 is 0. The minimum atomic E-state index is -0.298. The summed E-state index contributed by atoms with van der Waals surface area (Å²) in [5, 5.41) is 8.25. The predicted molar refractivity (Wildman–Crippen MR) is 124 cm³/mol. The van der Waals surface area contributed by atoms with Gasteiger partial charge >= 0.3 is 0 Å². The zero-order valence-electron chi connectivity index (χ0n) is 16.6. The monoisotopic (exact) mass is 461 g/mol. The Hall–Kier alpha value is -1.71. The van der Waals surface area contributed by atoms with Crippen LogP contribution < -0.4 is 16.4 Å². The van der Waals surface area contributed by atoms with Crippen LogP contribution in [0.5, 0.6) is 0 Å². The van der Waals surface area contributed by atoms with Crippen molar-refractivity contribution in [2.45, 2.75) is 20.3 Å². The van der Waals surface area contributed by atoms with Crippen LogP contribution in [0.4, 0.5) is 5.69 Å². The number of thiazole rings is 1. The number of halogens is 2. The number of nitrogens with zero attached hydrogens (tertiary/aromatic N) is 2. The lowest BCUT2D eigenvalue weighted by Crippen LogP contribution is -2.34. The van der Waals surface area contributed by atoms with E-state index >= 15 is 0 Å². The molecular formula is C19H29Cl2N5O2S. The Labute approximate surface area is 188 Å². The molecule has 0 atom stereocenters. The third-order valence-electron chi connectivity index (χ3n) is 4.13. The average Bonchev–Trinajstić information content (AvgIpc) is 3.14. The zero-order chi connectivity index (χ0) is 19.6. The van der Waals surface area contributed by atoms with Gasteiger partial charge in [0.05, 0.1) is 5.01 Å². The molecule has 0 radical (unpaired) electrons. The first kappa shape index (κ1) is 27.3. The maximum Gasteiger partial charge on any atom is 0.275 e. The van der Waals surface area contributed by atoms with Gasteiger partial charge in [0.1, 0.15) is 5.69 Å². The summed E-state index contributed by atoms with van der Waals surface area (Å²) in [6, 6.07) is 6.88. The molecule has 0 aliphatic carbocycles. The number of anilines is 1. The number of rotatable bonds is 10. The first-order valence-electron chi connectivity index (χ1n) is 9.13. The largest absolute Gasteiger partial charge is 0.351 e. The fourth-order valence-electron chi connectivity index (χ4n) is 2.56. The first-order chi connectivity index (χ1) is 13.1. The molecule has 0 aliphatic heterocycles. The number of hydrogen-bond acceptors (Lipinski definition) is 6. The van der Waals surface area contributed by atoms with Gasteiger partial charge < -0.3 is 21.3 Å². The Bertz CT molecular complexity index is 769. The van der Waals surface area contributed by atoms with Crippen molar-refractivity contribution in [1.29, 1.82) is 0 Å². The molecule has 29 heavy (non-hydrogen) atoms. The predicted octanol–water partition coefficient (Wildman–Crippen LogP) is 2.81. The minimum Gasteiger partial charge on any atom is -0.351 e. The van der Waals surface area contributed by atoms with Gasteiger partial charge in [0.2, 0.25) is 0 Å². The summed E-state index contributed by atoms with van der Waals surface area (Å²) in [6.07, 6.45) is 0.654. The van der Waals surface area contributed by atoms with E-state index in [0.29, 0.717) is 36.5 Å². The maximum absolute atomic E-state index is 12.3. The summed E-state index contributed by atoms with van der Waals surface area (Å²) in [5.41, 5.74) is 6.93. The molecule has 162 valence electrons. The summed E-state index contributed by atoms with van der Waals surface area (Å²) in [4.78, 5) is 31.2. The molecule has 0 bridgehead atoms. The number of carbonyl (C=O) groups excluding carboxylic acids is 2. The van der Waals surface area contributed by atoms with E-state index < -0.39 is 0 Å². The molecule has 1 heterocycles. The van der Waals surface area contributed by atoms with Gasteiger partial charge in [0.15, 0.2) is 0 Å². The quantitative estimate of drug-likeness (QED) is 0.504. The van der Waals surface area contributed by atoms with Crippen LogP contribution >= 0.6 is 36.2 Å². The van der Waals surface area contributed by atoms with Crippen molar-refractivity contribution in [3.63, 3.8) is 0 Å². The van der Waals surface area contributed by atoms with Crippen LogP contribution in [-0.2, 0) is 6.42 Å². The molecule has 0 aliphatic rings. The van der Waals surface area contributed by atoms with Crippen molar-refractivity contribution < 1.29 is 9.59 Å². The Morgan fingerprint density at radius 3 is 2.55 bits per heavy atom. The van der Waals surface area contributed by atoms with Crippen molar-refractivity contribution >= 4 is 53.7 Å². The van der Waals surface area contributed by atoms with E-state index in [1.54, 1.807) is 29.6 Å². The molecule has 10 heteroatoms. The van der Waals surface area contributed by atoms with Gasteiger partial charge in [-0.2, -0.15) is 0 Å². The first-order valence-corrected chi connectivity index (χ1v) is 10.0. The van der Waals surface area contributed by atoms with Crippen LogP contribution in [0.1, 0.15) is 39.7 Å². The molecule has 0 saturated carbocycles. The van der Waals surface area contributed by atoms with Crippen LogP contribution in [0.15, 0.2) is 29.6 Å². The van der Waals surface area contributed by atoms with Crippen molar-refractivity contribution in [2.24, 2.45) is 5.73 Å². The molecule has 2 aromatic rings. The number of nitrogens with one attached hydrogen (secondary N) is 2. The van der Waals surface area contributed by atoms with Crippen molar-refractivity contribution in [1.82, 2.24) is 15.2 Å². The molecule has 2 amide bonds. The summed E-state index contributed by atoms with van der Waals surface area (Å²) in [6.45, 7) is 8.00. The molecule has 7 nitrogen and oxygen atoms in total. The van der Waals surface area contributed by atoms with E-state index in [1.165, 1.54) is 11.3 Å². The Morgan fingerprint density at radius 2 is 1.90 bits per heavy atom. The molecule has 0 saturated heterocycles. The second kappa shape index (κ2) is 14.3. The highest BCUT2D eigenvalue weighted by Gasteiger charge is 2.12. The molecule has 1 aromatic heterocycles. The number of hydrogen-bond donors (Lipinski definition) is 3. The van der Waals surface area contributed by atoms with Gasteiger partial charge in [-0.05, 0) is 37.8 Å². The average molecular weight is 462 g/mol. The molecule has 0 spiro atoms. The smallest absolute Gasteiger partial charge is 0.275 e. The van der Waals surface area contributed by atoms with Gasteiger partial charge in [0.25, 0.3) is 11.8 Å². The van der Waals surface area contributed by atoms with Crippen molar-refractivity contribution in [3.8, 4) is 0 Å². The Morgan fingerprint density at radius 1 is 1.17 bits per heavy atom. The molecule has 0 unspecified atom stereocenters. The standard InChI is InChI=1S/C19H27N5O2S.2ClH/c1-3-24(4-2)11-10-21-18(25)14-6-5-7-15(12-14)22-19(26)16-13-27-17(23-16)8-9-20;;/h5-7,12-13H,3-4,8-11,20H2,1-2H3,(H,21,25)(H,22,26);2*1H. The Balaban J connectivity index is 0.00000392. The van der Waals surface area contributed by atoms with Crippen LogP contribution in [0.25, 0.3) is 0 Å². The van der Waals surface area contributed by atoms with Gasteiger partial charge in [-0.3, -0.25) is 9.59 Å².